The zero-order chi connectivity index (χ0) is 24.9. The summed E-state index contributed by atoms with van der Waals surface area (Å²) in [7, 11) is 0. The molecular weight excluding hydrogens is 462 g/mol. The van der Waals surface area contributed by atoms with Crippen molar-refractivity contribution in [1.29, 1.82) is 0 Å². The Morgan fingerprint density at radius 3 is 2.60 bits per heavy atom. The van der Waals surface area contributed by atoms with Gasteiger partial charge in [-0.05, 0) is 52.3 Å². The monoisotopic (exact) mass is 489 g/mol. The number of carbonyl (C=O) groups is 1. The molecule has 1 aliphatic heterocycles. The van der Waals surface area contributed by atoms with E-state index in [9.17, 15) is 9.90 Å². The van der Waals surface area contributed by atoms with E-state index in [2.05, 4.69) is 34.5 Å². The first-order valence-corrected chi connectivity index (χ1v) is 12.3. The summed E-state index contributed by atoms with van der Waals surface area (Å²) in [4.78, 5) is 18.2. The third-order valence-corrected chi connectivity index (χ3v) is 7.69. The van der Waals surface area contributed by atoms with E-state index >= 15 is 0 Å². The Bertz CT molecular complexity index is 1450. The molecule has 1 aromatic carbocycles. The predicted octanol–water partition coefficient (Wildman–Crippen LogP) is 4.83. The molecule has 0 fully saturated rings. The number of nitrogens with zero attached hydrogens (tertiary/aromatic N) is 6. The highest BCUT2D eigenvalue weighted by Gasteiger charge is 2.36. The number of hydrogen-bond donors (Lipinski definition) is 2. The summed E-state index contributed by atoms with van der Waals surface area (Å²) in [5, 5.41) is 27.2. The lowest BCUT2D eigenvalue weighted by Crippen LogP contribution is -2.21. The number of fused-ring (bicyclic) bond motifs is 3. The van der Waals surface area contributed by atoms with E-state index in [0.717, 1.165) is 45.5 Å². The summed E-state index contributed by atoms with van der Waals surface area (Å²) in [5.41, 5.74) is 4.75. The van der Waals surface area contributed by atoms with Gasteiger partial charge in [0.15, 0.2) is 5.82 Å². The highest BCUT2D eigenvalue weighted by molar-refractivity contribution is 7.15. The molecule has 3 aromatic heterocycles. The molecule has 35 heavy (non-hydrogen) atoms. The Labute approximate surface area is 207 Å². The third-order valence-electron chi connectivity index (χ3n) is 6.50. The molecular formula is C25H27N7O2S. The molecule has 0 saturated carbocycles. The highest BCUT2D eigenvalue weighted by atomic mass is 32.1. The molecule has 9 nitrogen and oxygen atoms in total. The van der Waals surface area contributed by atoms with Gasteiger partial charge in [0.1, 0.15) is 22.7 Å². The van der Waals surface area contributed by atoms with Crippen molar-refractivity contribution in [3.8, 4) is 5.00 Å². The van der Waals surface area contributed by atoms with Crippen molar-refractivity contribution in [2.45, 2.75) is 47.2 Å². The van der Waals surface area contributed by atoms with Crippen LogP contribution in [0.4, 0.5) is 11.5 Å². The second-order valence-electron chi connectivity index (χ2n) is 8.69. The number of aromatic nitrogens is 5. The Hall–Kier alpha value is -3.79. The molecule has 10 heteroatoms. The van der Waals surface area contributed by atoms with Crippen molar-refractivity contribution < 1.29 is 9.90 Å². The third kappa shape index (κ3) is 3.83. The van der Waals surface area contributed by atoms with E-state index in [-0.39, 0.29) is 0 Å². The predicted molar refractivity (Wildman–Crippen MR) is 136 cm³/mol. The minimum Gasteiger partial charge on any atom is -0.481 e. The molecule has 0 saturated heterocycles. The van der Waals surface area contributed by atoms with Crippen LogP contribution in [-0.4, -0.2) is 41.3 Å². The van der Waals surface area contributed by atoms with Crippen LogP contribution in [0.2, 0.25) is 0 Å². The second-order valence-corrected chi connectivity index (χ2v) is 9.89. The van der Waals surface area contributed by atoms with Gasteiger partial charge >= 0.3 is 5.97 Å². The number of thiophene rings is 1. The number of anilines is 2. The molecule has 0 radical (unpaired) electrons. The molecule has 0 aliphatic carbocycles. The molecule has 2 N–H and O–H groups in total. The average molecular weight is 490 g/mol. The zero-order valence-corrected chi connectivity index (χ0v) is 21.1. The number of rotatable bonds is 6. The van der Waals surface area contributed by atoms with Crippen LogP contribution in [0.3, 0.4) is 0 Å². The van der Waals surface area contributed by atoms with Crippen molar-refractivity contribution >= 4 is 34.5 Å². The largest absolute Gasteiger partial charge is 0.481 e. The molecule has 180 valence electrons. The summed E-state index contributed by atoms with van der Waals surface area (Å²) < 4.78 is 3.87. The molecule has 1 aliphatic rings. The Morgan fingerprint density at radius 1 is 1.17 bits per heavy atom. The minimum absolute atomic E-state index is 0.556. The number of aryl methyl sites for hydroxylation is 3. The number of hydrogen-bond acceptors (Lipinski definition) is 7. The number of nitrogens with one attached hydrogen (secondary N) is 1. The summed E-state index contributed by atoms with van der Waals surface area (Å²) >= 11 is 1.65. The molecule has 1 unspecified atom stereocenters. The van der Waals surface area contributed by atoms with Crippen molar-refractivity contribution in [2.24, 2.45) is 10.9 Å². The fourth-order valence-corrected chi connectivity index (χ4v) is 5.58. The molecule has 0 bridgehead atoms. The van der Waals surface area contributed by atoms with Gasteiger partial charge in [-0.3, -0.25) is 14.4 Å². The number of carboxylic acids is 1. The topological polar surface area (TPSA) is 110 Å². The molecule has 0 amide bonds. The fourth-order valence-electron chi connectivity index (χ4n) is 4.37. The first kappa shape index (κ1) is 23.0. The van der Waals surface area contributed by atoms with E-state index < -0.39 is 17.9 Å². The Morgan fingerprint density at radius 2 is 1.91 bits per heavy atom. The molecule has 0 spiro atoms. The maximum Gasteiger partial charge on any atom is 0.308 e. The van der Waals surface area contributed by atoms with E-state index in [0.29, 0.717) is 11.6 Å². The molecule has 2 atom stereocenters. The maximum absolute atomic E-state index is 12.0. The van der Waals surface area contributed by atoms with E-state index in [1.54, 1.807) is 24.5 Å². The summed E-state index contributed by atoms with van der Waals surface area (Å²) in [5.74, 6) is 0.505. The van der Waals surface area contributed by atoms with Gasteiger partial charge in [-0.2, -0.15) is 5.10 Å². The van der Waals surface area contributed by atoms with Crippen LogP contribution in [-0.2, 0) is 11.3 Å². The lowest BCUT2D eigenvalue weighted by molar-refractivity contribution is -0.141. The maximum atomic E-state index is 12.0. The van der Waals surface area contributed by atoms with Gasteiger partial charge in [0.25, 0.3) is 0 Å². The number of benzene rings is 1. The summed E-state index contributed by atoms with van der Waals surface area (Å²) in [6.07, 6.45) is 1.77. The summed E-state index contributed by atoms with van der Waals surface area (Å²) in [6.45, 7) is 10.6. The van der Waals surface area contributed by atoms with Crippen LogP contribution in [0, 0.1) is 26.7 Å². The SMILES string of the molecule is CCn1nccc1Nc1ccc(C2=N[C@@H](C(C)C(=O)O)c3nnc(C)n3-c3sc(C)c(C)c32)cc1. The number of aliphatic carboxylic acids is 1. The number of carboxylic acid groups (broad SMARTS) is 1. The molecule has 4 heterocycles. The van der Waals surface area contributed by atoms with Crippen molar-refractivity contribution in [3.05, 3.63) is 69.7 Å². The van der Waals surface area contributed by atoms with Crippen LogP contribution in [0.5, 0.6) is 0 Å². The zero-order valence-electron chi connectivity index (χ0n) is 20.3. The molecule has 5 rings (SSSR count). The molecule has 4 aromatic rings. The van der Waals surface area contributed by atoms with E-state index in [1.807, 2.05) is 53.4 Å². The van der Waals surface area contributed by atoms with Gasteiger partial charge in [-0.1, -0.05) is 12.1 Å². The Balaban J connectivity index is 1.64. The second kappa shape index (κ2) is 8.77. The quantitative estimate of drug-likeness (QED) is 0.402. The van der Waals surface area contributed by atoms with Gasteiger partial charge in [-0.15, -0.1) is 21.5 Å². The van der Waals surface area contributed by atoms with Gasteiger partial charge in [0, 0.05) is 34.3 Å². The van der Waals surface area contributed by atoms with Crippen LogP contribution in [0.25, 0.3) is 5.00 Å². The van der Waals surface area contributed by atoms with Gasteiger partial charge < -0.3 is 10.4 Å². The lowest BCUT2D eigenvalue weighted by Gasteiger charge is -2.16. The van der Waals surface area contributed by atoms with E-state index in [4.69, 9.17) is 4.99 Å². The normalized spacial score (nSPS) is 15.7. The van der Waals surface area contributed by atoms with Crippen LogP contribution >= 0.6 is 11.3 Å². The number of aliphatic imine (C=N–C) groups is 1. The van der Waals surface area contributed by atoms with Crippen molar-refractivity contribution in [3.63, 3.8) is 0 Å². The summed E-state index contributed by atoms with van der Waals surface area (Å²) in [6, 6.07) is 9.32. The highest BCUT2D eigenvalue weighted by Crippen LogP contribution is 2.40. The average Bonchev–Trinajstić information content (AvgIpc) is 3.50. The van der Waals surface area contributed by atoms with Gasteiger partial charge in [0.05, 0.1) is 17.8 Å². The smallest absolute Gasteiger partial charge is 0.308 e. The first-order valence-electron chi connectivity index (χ1n) is 11.5. The van der Waals surface area contributed by atoms with Crippen LogP contribution in [0.1, 0.15) is 53.1 Å². The van der Waals surface area contributed by atoms with Crippen molar-refractivity contribution in [1.82, 2.24) is 24.5 Å². The fraction of sp³-hybridized carbons (Fsp3) is 0.320. The van der Waals surface area contributed by atoms with Crippen LogP contribution in [0.15, 0.2) is 41.5 Å². The van der Waals surface area contributed by atoms with Gasteiger partial charge in [-0.25, -0.2) is 4.68 Å². The standard InChI is InChI=1S/C25H27N7O2S/c1-6-31-19(11-12-26-31)27-18-9-7-17(8-10-18)22-20-13(2)15(4)35-24(20)32-16(5)29-30-23(32)21(28-22)14(3)25(33)34/h7-12,14,21,27H,6H2,1-5H3,(H,33,34)/t14?,21-/m0/s1. The van der Waals surface area contributed by atoms with Gasteiger partial charge in [0.2, 0.25) is 0 Å². The van der Waals surface area contributed by atoms with E-state index in [1.165, 1.54) is 4.88 Å². The van der Waals surface area contributed by atoms with Crippen LogP contribution < -0.4 is 5.32 Å². The first-order chi connectivity index (χ1) is 16.8. The minimum atomic E-state index is -0.921. The Kier molecular flexibility index (Phi) is 5.76. The van der Waals surface area contributed by atoms with Crippen molar-refractivity contribution in [2.75, 3.05) is 5.32 Å². The lowest BCUT2D eigenvalue weighted by atomic mass is 9.98.